The highest BCUT2D eigenvalue weighted by molar-refractivity contribution is 5.79. The molecule has 0 aromatic heterocycles. The minimum absolute atomic E-state index is 0.0230. The van der Waals surface area contributed by atoms with Crippen molar-refractivity contribution in [1.29, 1.82) is 0 Å². The topological polar surface area (TPSA) is 29.1 Å². The molecule has 1 aromatic rings. The molecular weight excluding hydrogens is 258 g/mol. The van der Waals surface area contributed by atoms with Crippen molar-refractivity contribution in [1.82, 2.24) is 5.32 Å². The quantitative estimate of drug-likeness (QED) is 0.837. The average Bonchev–Trinajstić information content (AvgIpc) is 2.71. The van der Waals surface area contributed by atoms with Gasteiger partial charge in [-0.3, -0.25) is 4.79 Å². The van der Waals surface area contributed by atoms with Gasteiger partial charge in [0.1, 0.15) is 0 Å². The van der Waals surface area contributed by atoms with Crippen molar-refractivity contribution in [3.63, 3.8) is 0 Å². The number of carbonyl (C=O) groups excluding carboxylic acids is 1. The third kappa shape index (κ3) is 4.59. The van der Waals surface area contributed by atoms with E-state index in [2.05, 4.69) is 57.3 Å². The van der Waals surface area contributed by atoms with E-state index in [1.807, 2.05) is 0 Å². The monoisotopic (exact) mass is 287 g/mol. The molecule has 0 saturated carbocycles. The lowest BCUT2D eigenvalue weighted by molar-refractivity contribution is -0.119. The van der Waals surface area contributed by atoms with Crippen LogP contribution in [-0.2, 0) is 17.6 Å². The zero-order valence-corrected chi connectivity index (χ0v) is 13.9. The van der Waals surface area contributed by atoms with Crippen molar-refractivity contribution in [2.45, 2.75) is 65.3 Å². The van der Waals surface area contributed by atoms with Gasteiger partial charge >= 0.3 is 0 Å². The molecule has 0 bridgehead atoms. The molecule has 21 heavy (non-hydrogen) atoms. The Bertz CT molecular complexity index is 475. The molecule has 1 saturated heterocycles. The molecule has 1 aliphatic rings. The number of hydrogen-bond acceptors (Lipinski definition) is 1. The van der Waals surface area contributed by atoms with Crippen LogP contribution >= 0.6 is 0 Å². The summed E-state index contributed by atoms with van der Waals surface area (Å²) in [5.74, 6) is 1.51. The Balaban J connectivity index is 2.08. The maximum atomic E-state index is 11.7. The van der Waals surface area contributed by atoms with Gasteiger partial charge in [0, 0.05) is 12.0 Å². The number of carbonyl (C=O) groups is 1. The lowest BCUT2D eigenvalue weighted by Crippen LogP contribution is -2.44. The highest BCUT2D eigenvalue weighted by Gasteiger charge is 2.37. The summed E-state index contributed by atoms with van der Waals surface area (Å²) in [6, 6.07) is 8.97. The van der Waals surface area contributed by atoms with E-state index in [0.29, 0.717) is 18.3 Å². The molecule has 1 fully saturated rings. The number of amides is 1. The Morgan fingerprint density at radius 2 is 1.67 bits per heavy atom. The summed E-state index contributed by atoms with van der Waals surface area (Å²) in [7, 11) is 0. The highest BCUT2D eigenvalue weighted by Crippen LogP contribution is 2.31. The van der Waals surface area contributed by atoms with Crippen LogP contribution in [0.25, 0.3) is 0 Å². The Hall–Kier alpha value is -1.31. The number of nitrogens with one attached hydrogen (secondary N) is 1. The lowest BCUT2D eigenvalue weighted by Gasteiger charge is -2.31. The molecule has 1 aliphatic heterocycles. The molecule has 0 aliphatic carbocycles. The summed E-state index contributed by atoms with van der Waals surface area (Å²) in [4.78, 5) is 11.7. The summed E-state index contributed by atoms with van der Waals surface area (Å²) < 4.78 is 0. The Morgan fingerprint density at radius 3 is 2.14 bits per heavy atom. The molecule has 1 unspecified atom stereocenters. The van der Waals surface area contributed by atoms with E-state index in [9.17, 15) is 4.79 Å². The van der Waals surface area contributed by atoms with Crippen molar-refractivity contribution in [2.75, 3.05) is 0 Å². The smallest absolute Gasteiger partial charge is 0.220 e. The third-order valence-corrected chi connectivity index (χ3v) is 4.24. The number of benzene rings is 1. The fourth-order valence-electron chi connectivity index (χ4n) is 3.57. The van der Waals surface area contributed by atoms with Gasteiger partial charge in [0.25, 0.3) is 0 Å². The van der Waals surface area contributed by atoms with Crippen LogP contribution in [0.1, 0.15) is 58.1 Å². The van der Waals surface area contributed by atoms with Gasteiger partial charge in [0.15, 0.2) is 0 Å². The molecule has 1 aromatic carbocycles. The zero-order valence-electron chi connectivity index (χ0n) is 13.9. The van der Waals surface area contributed by atoms with Gasteiger partial charge in [-0.2, -0.15) is 0 Å². The summed E-state index contributed by atoms with van der Waals surface area (Å²) in [6.45, 7) is 8.97. The SMILES string of the molecule is CC(C)Cc1ccc(CC2(CC(C)C)CCC(=O)N2)cc1. The molecule has 0 radical (unpaired) electrons. The largest absolute Gasteiger partial charge is 0.350 e. The van der Waals surface area contributed by atoms with Gasteiger partial charge in [-0.1, -0.05) is 52.0 Å². The van der Waals surface area contributed by atoms with Crippen LogP contribution in [0.4, 0.5) is 0 Å². The van der Waals surface area contributed by atoms with E-state index in [-0.39, 0.29) is 11.4 Å². The zero-order chi connectivity index (χ0) is 15.5. The second-order valence-electron chi connectivity index (χ2n) is 7.52. The summed E-state index contributed by atoms with van der Waals surface area (Å²) in [5, 5.41) is 3.26. The van der Waals surface area contributed by atoms with Crippen LogP contribution in [0.15, 0.2) is 24.3 Å². The molecule has 1 heterocycles. The highest BCUT2D eigenvalue weighted by atomic mass is 16.2. The normalized spacial score (nSPS) is 22.1. The molecule has 2 nitrogen and oxygen atoms in total. The Morgan fingerprint density at radius 1 is 1.05 bits per heavy atom. The van der Waals surface area contributed by atoms with Gasteiger partial charge in [0.2, 0.25) is 5.91 Å². The second kappa shape index (κ2) is 6.64. The van der Waals surface area contributed by atoms with Gasteiger partial charge in [-0.05, 0) is 48.6 Å². The Labute approximate surface area is 129 Å². The molecule has 1 amide bonds. The molecule has 116 valence electrons. The number of hydrogen-bond donors (Lipinski definition) is 1. The lowest BCUT2D eigenvalue weighted by atomic mass is 9.82. The predicted octanol–water partition coefficient (Wildman–Crippen LogP) is 4.12. The van der Waals surface area contributed by atoms with E-state index in [1.165, 1.54) is 11.1 Å². The van der Waals surface area contributed by atoms with Gasteiger partial charge in [0.05, 0.1) is 0 Å². The first kappa shape index (κ1) is 16.1. The first-order valence-electron chi connectivity index (χ1n) is 8.27. The molecular formula is C19H29NO. The second-order valence-corrected chi connectivity index (χ2v) is 7.52. The summed E-state index contributed by atoms with van der Waals surface area (Å²) >= 11 is 0. The van der Waals surface area contributed by atoms with Crippen molar-refractivity contribution in [3.05, 3.63) is 35.4 Å². The molecule has 2 heteroatoms. The fourth-order valence-corrected chi connectivity index (χ4v) is 3.57. The predicted molar refractivity (Wildman–Crippen MR) is 88.3 cm³/mol. The van der Waals surface area contributed by atoms with E-state index >= 15 is 0 Å². The molecule has 1 N–H and O–H groups in total. The summed E-state index contributed by atoms with van der Waals surface area (Å²) in [6.07, 6.45) is 4.80. The Kier molecular flexibility index (Phi) is 5.08. The van der Waals surface area contributed by atoms with Crippen LogP contribution in [0.2, 0.25) is 0 Å². The van der Waals surface area contributed by atoms with Gasteiger partial charge in [-0.15, -0.1) is 0 Å². The third-order valence-electron chi connectivity index (χ3n) is 4.24. The van der Waals surface area contributed by atoms with Crippen LogP contribution in [0, 0.1) is 11.8 Å². The van der Waals surface area contributed by atoms with E-state index < -0.39 is 0 Å². The van der Waals surface area contributed by atoms with Gasteiger partial charge < -0.3 is 5.32 Å². The first-order valence-corrected chi connectivity index (χ1v) is 8.27. The van der Waals surface area contributed by atoms with E-state index in [4.69, 9.17) is 0 Å². The van der Waals surface area contributed by atoms with Crippen molar-refractivity contribution < 1.29 is 4.79 Å². The van der Waals surface area contributed by atoms with Crippen molar-refractivity contribution >= 4 is 5.91 Å². The molecule has 0 spiro atoms. The van der Waals surface area contributed by atoms with Crippen LogP contribution in [0.3, 0.4) is 0 Å². The molecule has 2 rings (SSSR count). The minimum Gasteiger partial charge on any atom is -0.350 e. The minimum atomic E-state index is -0.0230. The fraction of sp³-hybridized carbons (Fsp3) is 0.632. The van der Waals surface area contributed by atoms with E-state index in [0.717, 1.165) is 25.7 Å². The summed E-state index contributed by atoms with van der Waals surface area (Å²) in [5.41, 5.74) is 2.72. The maximum Gasteiger partial charge on any atom is 0.220 e. The first-order chi connectivity index (χ1) is 9.88. The van der Waals surface area contributed by atoms with Crippen LogP contribution in [-0.4, -0.2) is 11.4 Å². The van der Waals surface area contributed by atoms with Crippen LogP contribution < -0.4 is 5.32 Å². The van der Waals surface area contributed by atoms with Crippen molar-refractivity contribution in [2.24, 2.45) is 11.8 Å². The number of rotatable bonds is 6. The average molecular weight is 287 g/mol. The van der Waals surface area contributed by atoms with Gasteiger partial charge in [-0.25, -0.2) is 0 Å². The van der Waals surface area contributed by atoms with Crippen molar-refractivity contribution in [3.8, 4) is 0 Å². The standard InChI is InChI=1S/C19H29NO/c1-14(2)11-16-5-7-17(8-6-16)13-19(12-15(3)4)10-9-18(21)20-19/h5-8,14-15H,9-13H2,1-4H3,(H,20,21). The van der Waals surface area contributed by atoms with E-state index in [1.54, 1.807) is 0 Å². The van der Waals surface area contributed by atoms with Crippen LogP contribution in [0.5, 0.6) is 0 Å². The molecule has 1 atom stereocenters. The maximum absolute atomic E-state index is 11.7.